The molecule has 2 aromatic carbocycles. The molecule has 0 bridgehead atoms. The Hall–Kier alpha value is -5.00. The highest BCUT2D eigenvalue weighted by Gasteiger charge is 2.15. The number of amides is 2. The summed E-state index contributed by atoms with van der Waals surface area (Å²) in [5.74, 6) is -0.621. The SMILES string of the molecule is CCOC(=O)CNc1nc(NC(=O)Nc2ccccc2)nc(Oc2cc(=O)oc3ccccc23)n1. The third kappa shape index (κ3) is 6.28. The molecule has 178 valence electrons. The van der Waals surface area contributed by atoms with Gasteiger partial charge in [0.25, 0.3) is 0 Å². The van der Waals surface area contributed by atoms with Gasteiger partial charge in [-0.05, 0) is 31.2 Å². The molecular weight excluding hydrogens is 456 g/mol. The molecule has 3 N–H and O–H groups in total. The van der Waals surface area contributed by atoms with E-state index in [-0.39, 0.29) is 36.8 Å². The quantitative estimate of drug-likeness (QED) is 0.254. The lowest BCUT2D eigenvalue weighted by Gasteiger charge is -2.11. The molecule has 0 spiro atoms. The number of benzene rings is 2. The summed E-state index contributed by atoms with van der Waals surface area (Å²) in [4.78, 5) is 48.4. The van der Waals surface area contributed by atoms with Gasteiger partial charge >= 0.3 is 23.6 Å². The van der Waals surface area contributed by atoms with Crippen molar-refractivity contribution in [3.8, 4) is 11.8 Å². The predicted octanol–water partition coefficient (Wildman–Crippen LogP) is 3.39. The smallest absolute Gasteiger partial charge is 0.339 e. The van der Waals surface area contributed by atoms with E-state index in [2.05, 4.69) is 30.9 Å². The van der Waals surface area contributed by atoms with E-state index in [1.165, 1.54) is 0 Å². The number of nitrogens with one attached hydrogen (secondary N) is 3. The molecule has 0 aliphatic carbocycles. The first kappa shape index (κ1) is 23.2. The minimum absolute atomic E-state index is 0.0645. The Kier molecular flexibility index (Phi) is 7.11. The minimum atomic E-state index is -0.631. The highest BCUT2D eigenvalue weighted by molar-refractivity contribution is 5.98. The van der Waals surface area contributed by atoms with E-state index in [1.807, 2.05) is 6.07 Å². The monoisotopic (exact) mass is 476 g/mol. The lowest BCUT2D eigenvalue weighted by Crippen LogP contribution is -2.22. The molecule has 0 saturated carbocycles. The fraction of sp³-hybridized carbons (Fsp3) is 0.130. The van der Waals surface area contributed by atoms with Crippen LogP contribution in [-0.4, -0.2) is 40.1 Å². The Morgan fingerprint density at radius 3 is 2.49 bits per heavy atom. The van der Waals surface area contributed by atoms with E-state index in [0.717, 1.165) is 6.07 Å². The van der Waals surface area contributed by atoms with Crippen molar-refractivity contribution in [2.24, 2.45) is 0 Å². The van der Waals surface area contributed by atoms with Crippen LogP contribution in [0.3, 0.4) is 0 Å². The van der Waals surface area contributed by atoms with Crippen molar-refractivity contribution in [3.05, 3.63) is 71.1 Å². The average molecular weight is 476 g/mol. The number of rotatable bonds is 8. The third-order valence-electron chi connectivity index (χ3n) is 4.38. The predicted molar refractivity (Wildman–Crippen MR) is 127 cm³/mol. The molecule has 12 nitrogen and oxygen atoms in total. The van der Waals surface area contributed by atoms with E-state index in [4.69, 9.17) is 13.9 Å². The number of hydrogen-bond donors (Lipinski definition) is 3. The number of nitrogens with zero attached hydrogens (tertiary/aromatic N) is 3. The number of ether oxygens (including phenoxy) is 2. The maximum Gasteiger partial charge on any atom is 0.339 e. The topological polar surface area (TPSA) is 158 Å². The van der Waals surface area contributed by atoms with Gasteiger partial charge in [0.1, 0.15) is 17.9 Å². The zero-order valence-corrected chi connectivity index (χ0v) is 18.5. The van der Waals surface area contributed by atoms with Gasteiger partial charge in [0, 0.05) is 5.69 Å². The van der Waals surface area contributed by atoms with E-state index in [1.54, 1.807) is 55.5 Å². The third-order valence-corrected chi connectivity index (χ3v) is 4.38. The summed E-state index contributed by atoms with van der Waals surface area (Å²) in [7, 11) is 0. The summed E-state index contributed by atoms with van der Waals surface area (Å²) in [5, 5.41) is 8.33. The Balaban J connectivity index is 1.61. The number of para-hydroxylation sites is 2. The second-order valence-electron chi connectivity index (χ2n) is 6.90. The van der Waals surface area contributed by atoms with Crippen LogP contribution in [0, 0.1) is 0 Å². The Morgan fingerprint density at radius 1 is 0.943 bits per heavy atom. The summed E-state index contributed by atoms with van der Waals surface area (Å²) in [6.45, 7) is 1.66. The number of esters is 1. The molecule has 4 aromatic rings. The molecule has 4 rings (SSSR count). The van der Waals surface area contributed by atoms with Crippen LogP contribution in [0.2, 0.25) is 0 Å². The van der Waals surface area contributed by atoms with Crippen molar-refractivity contribution < 1.29 is 23.5 Å². The van der Waals surface area contributed by atoms with Gasteiger partial charge < -0.3 is 24.5 Å². The Labute approximate surface area is 198 Å². The van der Waals surface area contributed by atoms with Gasteiger partial charge in [0.15, 0.2) is 0 Å². The van der Waals surface area contributed by atoms with Crippen LogP contribution in [0.15, 0.2) is 69.9 Å². The first-order chi connectivity index (χ1) is 17.0. The first-order valence-corrected chi connectivity index (χ1v) is 10.5. The van der Waals surface area contributed by atoms with Gasteiger partial charge in [-0.15, -0.1) is 0 Å². The standard InChI is InChI=1S/C23H20N6O6/c1-2-33-19(31)13-24-20-26-21(27-22(32)25-14-8-4-3-5-9-14)29-23(28-20)35-17-12-18(30)34-16-11-7-6-10-15(16)17/h3-12H,2,13H2,1H3,(H3,24,25,26,27,28,29,32). The van der Waals surface area contributed by atoms with Crippen molar-refractivity contribution >= 4 is 40.6 Å². The fourth-order valence-electron chi connectivity index (χ4n) is 2.95. The molecule has 12 heteroatoms. The maximum absolute atomic E-state index is 12.4. The normalized spacial score (nSPS) is 10.4. The van der Waals surface area contributed by atoms with Crippen LogP contribution in [0.5, 0.6) is 11.8 Å². The van der Waals surface area contributed by atoms with Crippen LogP contribution in [0.25, 0.3) is 11.0 Å². The fourth-order valence-corrected chi connectivity index (χ4v) is 2.95. The number of carbonyl (C=O) groups is 2. The van der Waals surface area contributed by atoms with E-state index < -0.39 is 17.6 Å². The number of urea groups is 1. The number of aromatic nitrogens is 3. The lowest BCUT2D eigenvalue weighted by atomic mass is 10.2. The summed E-state index contributed by atoms with van der Waals surface area (Å²) in [5.41, 5.74) is 0.234. The van der Waals surface area contributed by atoms with Gasteiger partial charge in [-0.2, -0.15) is 15.0 Å². The first-order valence-electron chi connectivity index (χ1n) is 10.5. The maximum atomic E-state index is 12.4. The van der Waals surface area contributed by atoms with Crippen LogP contribution < -0.4 is 26.3 Å². The molecule has 0 aliphatic rings. The molecular formula is C23H20N6O6. The molecule has 2 amide bonds. The summed E-state index contributed by atoms with van der Waals surface area (Å²) in [6.07, 6.45) is 0. The van der Waals surface area contributed by atoms with E-state index in [0.29, 0.717) is 16.7 Å². The molecule has 35 heavy (non-hydrogen) atoms. The van der Waals surface area contributed by atoms with E-state index in [9.17, 15) is 14.4 Å². The second kappa shape index (κ2) is 10.7. The number of carbonyl (C=O) groups excluding carboxylic acids is 2. The van der Waals surface area contributed by atoms with Crippen molar-refractivity contribution in [1.82, 2.24) is 15.0 Å². The van der Waals surface area contributed by atoms with Gasteiger partial charge in [-0.3, -0.25) is 10.1 Å². The molecule has 2 heterocycles. The van der Waals surface area contributed by atoms with Crippen molar-refractivity contribution in [3.63, 3.8) is 0 Å². The largest absolute Gasteiger partial charge is 0.465 e. The van der Waals surface area contributed by atoms with Gasteiger partial charge in [-0.25, -0.2) is 9.59 Å². The minimum Gasteiger partial charge on any atom is -0.465 e. The molecule has 0 fully saturated rings. The molecule has 0 saturated heterocycles. The number of hydrogen-bond acceptors (Lipinski definition) is 10. The zero-order chi connectivity index (χ0) is 24.6. The van der Waals surface area contributed by atoms with Crippen molar-refractivity contribution in [2.75, 3.05) is 29.1 Å². The summed E-state index contributed by atoms with van der Waals surface area (Å²) in [6, 6.07) is 15.8. The molecule has 2 aromatic heterocycles. The van der Waals surface area contributed by atoms with Crippen LogP contribution >= 0.6 is 0 Å². The van der Waals surface area contributed by atoms with Crippen LogP contribution in [0.4, 0.5) is 22.4 Å². The highest BCUT2D eigenvalue weighted by atomic mass is 16.5. The lowest BCUT2D eigenvalue weighted by molar-refractivity contribution is -0.140. The number of anilines is 3. The Morgan fingerprint density at radius 2 is 1.69 bits per heavy atom. The zero-order valence-electron chi connectivity index (χ0n) is 18.5. The van der Waals surface area contributed by atoms with Gasteiger partial charge in [-0.1, -0.05) is 30.3 Å². The van der Waals surface area contributed by atoms with E-state index >= 15 is 0 Å². The second-order valence-corrected chi connectivity index (χ2v) is 6.90. The van der Waals surface area contributed by atoms with Crippen molar-refractivity contribution in [2.45, 2.75) is 6.92 Å². The molecule has 0 atom stereocenters. The summed E-state index contributed by atoms with van der Waals surface area (Å²) < 4.78 is 15.8. The molecule has 0 unspecified atom stereocenters. The molecule has 0 aliphatic heterocycles. The Bertz CT molecular complexity index is 1410. The van der Waals surface area contributed by atoms with Gasteiger partial charge in [0.2, 0.25) is 11.9 Å². The molecule has 0 radical (unpaired) electrons. The van der Waals surface area contributed by atoms with Crippen LogP contribution in [-0.2, 0) is 9.53 Å². The average Bonchev–Trinajstić information content (AvgIpc) is 2.83. The van der Waals surface area contributed by atoms with Crippen LogP contribution in [0.1, 0.15) is 6.92 Å². The van der Waals surface area contributed by atoms with Crippen molar-refractivity contribution in [1.29, 1.82) is 0 Å². The highest BCUT2D eigenvalue weighted by Crippen LogP contribution is 2.27. The number of fused-ring (bicyclic) bond motifs is 1. The summed E-state index contributed by atoms with van der Waals surface area (Å²) >= 11 is 0. The van der Waals surface area contributed by atoms with Gasteiger partial charge in [0.05, 0.1) is 18.1 Å².